The number of nitroso groups, excluding NO2 is 1. The molecule has 0 spiro atoms. The van der Waals surface area contributed by atoms with Crippen LogP contribution in [0.25, 0.3) is 0 Å². The lowest BCUT2D eigenvalue weighted by atomic mass is 10.1. The Kier molecular flexibility index (Phi) is 3.64. The third-order valence-corrected chi connectivity index (χ3v) is 3.08. The van der Waals surface area contributed by atoms with Crippen LogP contribution in [0.3, 0.4) is 0 Å². The van der Waals surface area contributed by atoms with Gasteiger partial charge in [-0.1, -0.05) is 12.1 Å². The molecule has 0 amide bonds. The monoisotopic (exact) mass is 219 g/mol. The molecule has 0 unspecified atom stereocenters. The number of likely N-dealkylation sites (tertiary alicyclic amines) is 1. The zero-order valence-corrected chi connectivity index (χ0v) is 9.30. The molecule has 1 aliphatic heterocycles. The van der Waals surface area contributed by atoms with Crippen molar-refractivity contribution in [1.29, 1.82) is 0 Å². The van der Waals surface area contributed by atoms with Crippen LogP contribution in [0.5, 0.6) is 0 Å². The lowest BCUT2D eigenvalue weighted by Gasteiger charge is -2.30. The van der Waals surface area contributed by atoms with Gasteiger partial charge in [-0.2, -0.15) is 0 Å². The standard InChI is InChI=1S/C12H17N3O/c13-11-5-7-15(8-6-11)9-10-1-3-12(14-16)4-2-10/h1-4,11H,5-9,13H2. The fourth-order valence-electron chi connectivity index (χ4n) is 2.03. The Morgan fingerprint density at radius 1 is 1.25 bits per heavy atom. The first-order valence-corrected chi connectivity index (χ1v) is 5.68. The Labute approximate surface area is 95.4 Å². The van der Waals surface area contributed by atoms with Crippen LogP contribution in [-0.2, 0) is 6.54 Å². The molecule has 0 aliphatic carbocycles. The Bertz CT molecular complexity index is 342. The Morgan fingerprint density at radius 2 is 1.88 bits per heavy atom. The maximum atomic E-state index is 10.3. The van der Waals surface area contributed by atoms with Crippen molar-refractivity contribution in [1.82, 2.24) is 4.90 Å². The fourth-order valence-corrected chi connectivity index (χ4v) is 2.03. The molecular weight excluding hydrogens is 202 g/mol. The van der Waals surface area contributed by atoms with Gasteiger partial charge in [0.15, 0.2) is 0 Å². The summed E-state index contributed by atoms with van der Waals surface area (Å²) in [5, 5.41) is 2.89. The van der Waals surface area contributed by atoms with E-state index in [0.29, 0.717) is 11.7 Å². The second-order valence-corrected chi connectivity index (χ2v) is 4.37. The average molecular weight is 219 g/mol. The van der Waals surface area contributed by atoms with Gasteiger partial charge in [-0.3, -0.25) is 4.90 Å². The minimum atomic E-state index is 0.373. The third kappa shape index (κ3) is 2.87. The predicted molar refractivity (Wildman–Crippen MR) is 64.4 cm³/mol. The maximum absolute atomic E-state index is 10.3. The number of nitrogens with zero attached hydrogens (tertiary/aromatic N) is 2. The van der Waals surface area contributed by atoms with Gasteiger partial charge in [0.05, 0.1) is 0 Å². The number of rotatable bonds is 3. The maximum Gasteiger partial charge on any atom is 0.108 e. The molecule has 4 nitrogen and oxygen atoms in total. The van der Waals surface area contributed by atoms with E-state index in [1.165, 1.54) is 5.56 Å². The van der Waals surface area contributed by atoms with Crippen molar-refractivity contribution in [2.75, 3.05) is 13.1 Å². The van der Waals surface area contributed by atoms with Crippen molar-refractivity contribution in [3.05, 3.63) is 34.7 Å². The molecule has 16 heavy (non-hydrogen) atoms. The molecule has 0 radical (unpaired) electrons. The third-order valence-electron chi connectivity index (χ3n) is 3.08. The minimum Gasteiger partial charge on any atom is -0.328 e. The first-order valence-electron chi connectivity index (χ1n) is 5.68. The molecule has 0 bridgehead atoms. The van der Waals surface area contributed by atoms with Crippen molar-refractivity contribution in [3.8, 4) is 0 Å². The summed E-state index contributed by atoms with van der Waals surface area (Å²) in [6, 6.07) is 7.82. The summed E-state index contributed by atoms with van der Waals surface area (Å²) < 4.78 is 0. The van der Waals surface area contributed by atoms with E-state index in [1.54, 1.807) is 12.1 Å². The molecule has 1 aromatic rings. The van der Waals surface area contributed by atoms with E-state index in [1.807, 2.05) is 12.1 Å². The van der Waals surface area contributed by atoms with Gasteiger partial charge >= 0.3 is 0 Å². The number of hydrogen-bond acceptors (Lipinski definition) is 4. The normalized spacial score (nSPS) is 18.6. The molecule has 0 saturated carbocycles. The first kappa shape index (κ1) is 11.2. The molecule has 1 aliphatic rings. The van der Waals surface area contributed by atoms with Crippen molar-refractivity contribution >= 4 is 5.69 Å². The quantitative estimate of drug-likeness (QED) is 0.791. The molecule has 2 rings (SSSR count). The Hall–Kier alpha value is -1.26. The lowest BCUT2D eigenvalue weighted by Crippen LogP contribution is -2.39. The summed E-state index contributed by atoms with van der Waals surface area (Å²) in [7, 11) is 0. The number of nitrogens with two attached hydrogens (primary N) is 1. The highest BCUT2D eigenvalue weighted by molar-refractivity contribution is 5.38. The van der Waals surface area contributed by atoms with E-state index in [0.717, 1.165) is 32.5 Å². The van der Waals surface area contributed by atoms with Crippen LogP contribution in [0.2, 0.25) is 0 Å². The van der Waals surface area contributed by atoms with Gasteiger partial charge < -0.3 is 5.73 Å². The molecule has 86 valence electrons. The summed E-state index contributed by atoms with van der Waals surface area (Å²) in [6.45, 7) is 3.07. The van der Waals surface area contributed by atoms with Crippen LogP contribution in [0.4, 0.5) is 5.69 Å². The van der Waals surface area contributed by atoms with Gasteiger partial charge in [-0.15, -0.1) is 4.91 Å². The molecule has 0 atom stereocenters. The SMILES string of the molecule is NC1CCN(Cc2ccc(N=O)cc2)CC1. The number of benzene rings is 1. The molecule has 1 saturated heterocycles. The van der Waals surface area contributed by atoms with E-state index in [-0.39, 0.29) is 0 Å². The second kappa shape index (κ2) is 5.18. The molecule has 1 aromatic carbocycles. The van der Waals surface area contributed by atoms with Gasteiger partial charge in [0.2, 0.25) is 0 Å². The topological polar surface area (TPSA) is 58.7 Å². The average Bonchev–Trinajstić information content (AvgIpc) is 2.33. The van der Waals surface area contributed by atoms with Crippen molar-refractivity contribution in [3.63, 3.8) is 0 Å². The van der Waals surface area contributed by atoms with Crippen LogP contribution < -0.4 is 5.73 Å². The van der Waals surface area contributed by atoms with Crippen LogP contribution in [-0.4, -0.2) is 24.0 Å². The van der Waals surface area contributed by atoms with Gasteiger partial charge in [0.1, 0.15) is 5.69 Å². The van der Waals surface area contributed by atoms with E-state index in [4.69, 9.17) is 5.73 Å². The second-order valence-electron chi connectivity index (χ2n) is 4.37. The van der Waals surface area contributed by atoms with Crippen LogP contribution in [0.15, 0.2) is 29.4 Å². The summed E-state index contributed by atoms with van der Waals surface area (Å²) in [5.74, 6) is 0. The Balaban J connectivity index is 1.91. The molecule has 2 N–H and O–H groups in total. The zero-order chi connectivity index (χ0) is 11.4. The van der Waals surface area contributed by atoms with Gasteiger partial charge in [0.25, 0.3) is 0 Å². The fraction of sp³-hybridized carbons (Fsp3) is 0.500. The molecule has 1 fully saturated rings. The van der Waals surface area contributed by atoms with Crippen LogP contribution >= 0.6 is 0 Å². The first-order chi connectivity index (χ1) is 7.78. The van der Waals surface area contributed by atoms with Crippen molar-refractivity contribution in [2.24, 2.45) is 10.9 Å². The number of hydrogen-bond donors (Lipinski definition) is 1. The summed E-state index contributed by atoms with van der Waals surface area (Å²) in [4.78, 5) is 12.7. The van der Waals surface area contributed by atoms with E-state index < -0.39 is 0 Å². The molecule has 4 heteroatoms. The summed E-state index contributed by atoms with van der Waals surface area (Å²) in [5.41, 5.74) is 7.57. The summed E-state index contributed by atoms with van der Waals surface area (Å²) in [6.07, 6.45) is 2.15. The van der Waals surface area contributed by atoms with Crippen molar-refractivity contribution in [2.45, 2.75) is 25.4 Å². The largest absolute Gasteiger partial charge is 0.328 e. The zero-order valence-electron chi connectivity index (χ0n) is 9.30. The summed E-state index contributed by atoms with van der Waals surface area (Å²) >= 11 is 0. The molecular formula is C12H17N3O. The molecule has 0 aromatic heterocycles. The highest BCUT2D eigenvalue weighted by atomic mass is 16.3. The van der Waals surface area contributed by atoms with Crippen molar-refractivity contribution < 1.29 is 0 Å². The Morgan fingerprint density at radius 3 is 2.44 bits per heavy atom. The smallest absolute Gasteiger partial charge is 0.108 e. The van der Waals surface area contributed by atoms with Gasteiger partial charge in [-0.25, -0.2) is 0 Å². The molecule has 1 heterocycles. The van der Waals surface area contributed by atoms with Gasteiger partial charge in [-0.05, 0) is 48.8 Å². The minimum absolute atomic E-state index is 0.373. The van der Waals surface area contributed by atoms with E-state index in [9.17, 15) is 4.91 Å². The van der Waals surface area contributed by atoms with Crippen LogP contribution in [0, 0.1) is 4.91 Å². The van der Waals surface area contributed by atoms with Gasteiger partial charge in [0, 0.05) is 12.6 Å². The lowest BCUT2D eigenvalue weighted by molar-refractivity contribution is 0.205. The van der Waals surface area contributed by atoms with E-state index >= 15 is 0 Å². The highest BCUT2D eigenvalue weighted by Crippen LogP contribution is 2.16. The van der Waals surface area contributed by atoms with E-state index in [2.05, 4.69) is 10.1 Å². The number of piperidine rings is 1. The van der Waals surface area contributed by atoms with Crippen LogP contribution in [0.1, 0.15) is 18.4 Å². The highest BCUT2D eigenvalue weighted by Gasteiger charge is 2.15. The predicted octanol–water partition coefficient (Wildman–Crippen LogP) is 2.01.